The first-order valence-corrected chi connectivity index (χ1v) is 9.88. The molecule has 5 aromatic rings. The maximum Gasteiger partial charge on any atom is 0.365 e. The van der Waals surface area contributed by atoms with Gasteiger partial charge in [-0.05, 0) is 37.3 Å². The van der Waals surface area contributed by atoms with Crippen molar-refractivity contribution in [3.63, 3.8) is 0 Å². The van der Waals surface area contributed by atoms with E-state index in [1.54, 1.807) is 0 Å². The fourth-order valence-corrected chi connectivity index (χ4v) is 4.58. The van der Waals surface area contributed by atoms with E-state index in [2.05, 4.69) is 81.0 Å². The summed E-state index contributed by atoms with van der Waals surface area (Å²) in [4.78, 5) is 8.16. The molecule has 0 radical (unpaired) electrons. The van der Waals surface area contributed by atoms with E-state index in [-0.39, 0.29) is 6.17 Å². The first-order valence-electron chi connectivity index (χ1n) is 9.88. The zero-order valence-electron chi connectivity index (χ0n) is 16.1. The quantitative estimate of drug-likeness (QED) is 0.406. The van der Waals surface area contributed by atoms with Gasteiger partial charge in [-0.1, -0.05) is 36.4 Å². The van der Waals surface area contributed by atoms with Gasteiger partial charge >= 0.3 is 5.95 Å². The molecule has 0 unspecified atom stereocenters. The number of aliphatic imine (C=N–C) groups is 1. The minimum Gasteiger partial charge on any atom is -0.357 e. The standard InChI is InChI=1S/C23H20N6/c1-2-28-18-9-5-3-7-15(18)16-13-14(11-12-19(16)28)21-26-22(24)27-23-25-17-8-4-6-10-20(17)29(21)23/h3-13,21H,2H2,1H3,(H3,24,25,26,27)/p+1/t21-/m1/s1. The fraction of sp³-hybridized carbons (Fsp3) is 0.130. The lowest BCUT2D eigenvalue weighted by Crippen LogP contribution is -2.48. The number of nitrogens with zero attached hydrogens (tertiary/aromatic N) is 3. The highest BCUT2D eigenvalue weighted by atomic mass is 15.4. The number of H-pyrrole nitrogens is 1. The molecule has 3 aromatic carbocycles. The second-order valence-electron chi connectivity index (χ2n) is 7.41. The molecule has 0 bridgehead atoms. The van der Waals surface area contributed by atoms with Crippen LogP contribution in [0, 0.1) is 0 Å². The van der Waals surface area contributed by atoms with Crippen LogP contribution in [-0.2, 0) is 6.54 Å². The van der Waals surface area contributed by atoms with E-state index in [1.165, 1.54) is 21.8 Å². The van der Waals surface area contributed by atoms with Crippen LogP contribution in [0.2, 0.25) is 0 Å². The average Bonchev–Trinajstić information content (AvgIpc) is 3.27. The highest BCUT2D eigenvalue weighted by Crippen LogP contribution is 2.32. The minimum absolute atomic E-state index is 0.226. The number of nitrogens with two attached hydrogens (primary N) is 1. The molecule has 0 spiro atoms. The lowest BCUT2D eigenvalue weighted by Gasteiger charge is -2.18. The molecule has 29 heavy (non-hydrogen) atoms. The second-order valence-corrected chi connectivity index (χ2v) is 7.41. The normalized spacial score (nSPS) is 16.2. The fourth-order valence-electron chi connectivity index (χ4n) is 4.58. The highest BCUT2D eigenvalue weighted by Gasteiger charge is 2.31. The molecule has 6 nitrogen and oxygen atoms in total. The maximum absolute atomic E-state index is 6.13. The van der Waals surface area contributed by atoms with Crippen LogP contribution in [0.3, 0.4) is 0 Å². The van der Waals surface area contributed by atoms with Crippen molar-refractivity contribution < 1.29 is 4.57 Å². The van der Waals surface area contributed by atoms with E-state index in [1.807, 2.05) is 12.1 Å². The molecular formula is C23H21N6+. The number of imidazole rings is 1. The van der Waals surface area contributed by atoms with Gasteiger partial charge in [-0.25, -0.2) is 14.9 Å². The first-order chi connectivity index (χ1) is 14.2. The number of guanidine groups is 1. The van der Waals surface area contributed by atoms with Crippen molar-refractivity contribution in [2.75, 3.05) is 5.32 Å². The van der Waals surface area contributed by atoms with Crippen molar-refractivity contribution in [3.8, 4) is 0 Å². The van der Waals surface area contributed by atoms with Crippen molar-refractivity contribution >= 4 is 44.7 Å². The van der Waals surface area contributed by atoms with Crippen LogP contribution < -0.4 is 15.6 Å². The predicted octanol–water partition coefficient (Wildman–Crippen LogP) is 3.87. The van der Waals surface area contributed by atoms with Crippen molar-refractivity contribution in [3.05, 3.63) is 72.3 Å². The Hall–Kier alpha value is -3.80. The molecule has 0 amide bonds. The van der Waals surface area contributed by atoms with Gasteiger partial charge in [0, 0.05) is 33.9 Å². The zero-order chi connectivity index (χ0) is 19.5. The van der Waals surface area contributed by atoms with Crippen LogP contribution >= 0.6 is 0 Å². The Balaban J connectivity index is 1.62. The van der Waals surface area contributed by atoms with Crippen LogP contribution in [0.5, 0.6) is 0 Å². The van der Waals surface area contributed by atoms with Crippen LogP contribution in [0.1, 0.15) is 18.7 Å². The lowest BCUT2D eigenvalue weighted by molar-refractivity contribution is -0.674. The van der Waals surface area contributed by atoms with E-state index in [4.69, 9.17) is 10.7 Å². The molecule has 0 fully saturated rings. The SMILES string of the molecule is CCn1c2ccccc2c2cc([C@@H]3N=C(N)Nc4[nH]c5ccccc5[n+]43)ccc21. The van der Waals surface area contributed by atoms with Gasteiger partial charge in [-0.2, -0.15) is 4.99 Å². The number of benzene rings is 3. The number of fused-ring (bicyclic) bond motifs is 6. The number of hydrogen-bond donors (Lipinski definition) is 3. The van der Waals surface area contributed by atoms with Gasteiger partial charge in [0.25, 0.3) is 5.96 Å². The minimum atomic E-state index is -0.226. The maximum atomic E-state index is 6.13. The molecule has 0 saturated carbocycles. The van der Waals surface area contributed by atoms with Gasteiger partial charge in [0.1, 0.15) is 11.0 Å². The number of nitrogens with one attached hydrogen (secondary N) is 2. The summed E-state index contributed by atoms with van der Waals surface area (Å²) in [5.74, 6) is 1.26. The van der Waals surface area contributed by atoms with Gasteiger partial charge in [0.2, 0.25) is 6.17 Å². The summed E-state index contributed by atoms with van der Waals surface area (Å²) in [6.45, 7) is 3.12. The monoisotopic (exact) mass is 381 g/mol. The Morgan fingerprint density at radius 3 is 2.69 bits per heavy atom. The topological polar surface area (TPSA) is 75.0 Å². The summed E-state index contributed by atoms with van der Waals surface area (Å²) in [5.41, 5.74) is 11.9. The summed E-state index contributed by atoms with van der Waals surface area (Å²) < 4.78 is 4.53. The van der Waals surface area contributed by atoms with Crippen LogP contribution in [0.25, 0.3) is 32.8 Å². The Morgan fingerprint density at radius 2 is 1.79 bits per heavy atom. The summed E-state index contributed by atoms with van der Waals surface area (Å²) in [5, 5.41) is 5.67. The van der Waals surface area contributed by atoms with Crippen molar-refractivity contribution in [2.24, 2.45) is 10.7 Å². The molecule has 1 atom stereocenters. The number of hydrogen-bond acceptors (Lipinski definition) is 3. The van der Waals surface area contributed by atoms with E-state index >= 15 is 0 Å². The zero-order valence-corrected chi connectivity index (χ0v) is 16.1. The molecule has 4 N–H and O–H groups in total. The van der Waals surface area contributed by atoms with Crippen molar-refractivity contribution in [2.45, 2.75) is 19.6 Å². The van der Waals surface area contributed by atoms with Crippen molar-refractivity contribution in [1.82, 2.24) is 9.55 Å². The van der Waals surface area contributed by atoms with E-state index in [9.17, 15) is 0 Å². The number of aryl methyl sites for hydroxylation is 1. The second kappa shape index (κ2) is 5.85. The lowest BCUT2D eigenvalue weighted by atomic mass is 10.1. The third kappa shape index (κ3) is 2.23. The number of aromatic nitrogens is 3. The Morgan fingerprint density at radius 1 is 1.00 bits per heavy atom. The smallest absolute Gasteiger partial charge is 0.357 e. The molecule has 2 aromatic heterocycles. The third-order valence-corrected chi connectivity index (χ3v) is 5.82. The molecule has 6 rings (SSSR count). The summed E-state index contributed by atoms with van der Waals surface area (Å²) in [7, 11) is 0. The summed E-state index contributed by atoms with van der Waals surface area (Å²) in [6, 6.07) is 23.4. The molecule has 1 aliphatic heterocycles. The molecule has 6 heteroatoms. The molecule has 0 aliphatic carbocycles. The Labute approximate surface area is 167 Å². The van der Waals surface area contributed by atoms with Crippen LogP contribution in [0.15, 0.2) is 71.7 Å². The highest BCUT2D eigenvalue weighted by molar-refractivity contribution is 6.08. The molecular weight excluding hydrogens is 360 g/mol. The summed E-state index contributed by atoms with van der Waals surface area (Å²) in [6.07, 6.45) is -0.226. The third-order valence-electron chi connectivity index (χ3n) is 5.82. The van der Waals surface area contributed by atoms with Crippen LogP contribution in [0.4, 0.5) is 5.95 Å². The van der Waals surface area contributed by atoms with Crippen LogP contribution in [-0.4, -0.2) is 15.5 Å². The van der Waals surface area contributed by atoms with Gasteiger partial charge in [-0.15, -0.1) is 0 Å². The number of anilines is 1. The van der Waals surface area contributed by atoms with Gasteiger partial charge < -0.3 is 10.3 Å². The molecule has 3 heterocycles. The Kier molecular flexibility index (Phi) is 3.26. The Bertz CT molecular complexity index is 1440. The van der Waals surface area contributed by atoms with E-state index in [0.29, 0.717) is 5.96 Å². The van der Waals surface area contributed by atoms with Gasteiger partial charge in [0.15, 0.2) is 0 Å². The summed E-state index contributed by atoms with van der Waals surface area (Å²) >= 11 is 0. The number of para-hydroxylation sites is 3. The van der Waals surface area contributed by atoms with E-state index < -0.39 is 0 Å². The van der Waals surface area contributed by atoms with E-state index in [0.717, 1.165) is 29.1 Å². The molecule has 142 valence electrons. The average molecular weight is 381 g/mol. The first kappa shape index (κ1) is 16.2. The molecule has 0 saturated heterocycles. The number of aromatic amines is 1. The predicted molar refractivity (Wildman–Crippen MR) is 117 cm³/mol. The molecule has 1 aliphatic rings. The largest absolute Gasteiger partial charge is 0.365 e. The van der Waals surface area contributed by atoms with Gasteiger partial charge in [-0.3, -0.25) is 0 Å². The van der Waals surface area contributed by atoms with Gasteiger partial charge in [0.05, 0.1) is 0 Å². The number of rotatable bonds is 2. The van der Waals surface area contributed by atoms with Crippen molar-refractivity contribution in [1.29, 1.82) is 0 Å².